The molecule has 0 aliphatic heterocycles. The Morgan fingerprint density at radius 1 is 0.968 bits per heavy atom. The Labute approximate surface area is 178 Å². The molecule has 0 aliphatic carbocycles. The van der Waals surface area contributed by atoms with Crippen molar-refractivity contribution in [3.8, 4) is 5.69 Å². The van der Waals surface area contributed by atoms with E-state index in [0.717, 1.165) is 28.1 Å². The molecule has 0 radical (unpaired) electrons. The van der Waals surface area contributed by atoms with Crippen LogP contribution in [0.25, 0.3) is 16.7 Å². The highest BCUT2D eigenvalue weighted by atomic mass is 16.1. The van der Waals surface area contributed by atoms with Crippen LogP contribution in [0.2, 0.25) is 0 Å². The van der Waals surface area contributed by atoms with Crippen LogP contribution in [0, 0.1) is 0 Å². The molecule has 0 fully saturated rings. The van der Waals surface area contributed by atoms with Crippen molar-refractivity contribution in [2.45, 2.75) is 12.5 Å². The Morgan fingerprint density at radius 3 is 2.48 bits per heavy atom. The first-order valence-electron chi connectivity index (χ1n) is 10.0. The van der Waals surface area contributed by atoms with Crippen LogP contribution < -0.4 is 5.32 Å². The molecule has 0 bridgehead atoms. The van der Waals surface area contributed by atoms with Crippen molar-refractivity contribution in [1.82, 2.24) is 30.0 Å². The number of hydrogen-bond acceptors (Lipinski definition) is 4. The van der Waals surface area contributed by atoms with Crippen LogP contribution in [0.15, 0.2) is 91.5 Å². The van der Waals surface area contributed by atoms with E-state index in [-0.39, 0.29) is 11.9 Å². The lowest BCUT2D eigenvalue weighted by Crippen LogP contribution is -2.30. The number of rotatable bonds is 6. The molecule has 2 aromatic heterocycles. The van der Waals surface area contributed by atoms with Gasteiger partial charge < -0.3 is 10.3 Å². The maximum absolute atomic E-state index is 13.0. The number of nitrogens with one attached hydrogen (secondary N) is 2. The maximum atomic E-state index is 13.0. The van der Waals surface area contributed by atoms with Gasteiger partial charge in [-0.25, -0.2) is 14.6 Å². The third-order valence-corrected chi connectivity index (χ3v) is 5.14. The van der Waals surface area contributed by atoms with E-state index in [1.165, 1.54) is 6.33 Å². The summed E-state index contributed by atoms with van der Waals surface area (Å²) in [6, 6.07) is 24.9. The first-order chi connectivity index (χ1) is 15.3. The normalized spacial score (nSPS) is 12.0. The number of para-hydroxylation sites is 2. The van der Waals surface area contributed by atoms with Crippen molar-refractivity contribution in [1.29, 1.82) is 0 Å². The van der Waals surface area contributed by atoms with Gasteiger partial charge >= 0.3 is 0 Å². The lowest BCUT2D eigenvalue weighted by Gasteiger charge is -2.17. The van der Waals surface area contributed by atoms with Crippen LogP contribution in [-0.4, -0.2) is 30.6 Å². The molecular weight excluding hydrogens is 388 g/mol. The molecule has 1 atom stereocenters. The number of aromatic amines is 1. The van der Waals surface area contributed by atoms with Gasteiger partial charge in [-0.2, -0.15) is 5.10 Å². The number of hydrogen-bond donors (Lipinski definition) is 2. The summed E-state index contributed by atoms with van der Waals surface area (Å²) in [5.74, 6) is 0.573. The van der Waals surface area contributed by atoms with Crippen molar-refractivity contribution in [2.75, 3.05) is 0 Å². The molecule has 3 aromatic carbocycles. The van der Waals surface area contributed by atoms with Gasteiger partial charge in [0.15, 0.2) is 0 Å². The summed E-state index contributed by atoms with van der Waals surface area (Å²) in [6.07, 6.45) is 3.72. The number of amides is 1. The summed E-state index contributed by atoms with van der Waals surface area (Å²) >= 11 is 0. The summed E-state index contributed by atoms with van der Waals surface area (Å²) in [6.45, 7) is 0. The predicted molar refractivity (Wildman–Crippen MR) is 118 cm³/mol. The molecule has 152 valence electrons. The zero-order chi connectivity index (χ0) is 21.0. The highest BCUT2D eigenvalue weighted by Crippen LogP contribution is 2.21. The minimum absolute atomic E-state index is 0.161. The fourth-order valence-corrected chi connectivity index (χ4v) is 3.55. The second-order valence-corrected chi connectivity index (χ2v) is 7.24. The second-order valence-electron chi connectivity index (χ2n) is 7.24. The van der Waals surface area contributed by atoms with Gasteiger partial charge in [-0.3, -0.25) is 4.79 Å². The Morgan fingerprint density at radius 2 is 1.74 bits per heavy atom. The molecule has 2 heterocycles. The number of nitrogens with zero attached hydrogens (tertiary/aromatic N) is 4. The smallest absolute Gasteiger partial charge is 0.251 e. The molecule has 0 spiro atoms. The van der Waals surface area contributed by atoms with Crippen LogP contribution in [0.1, 0.15) is 27.8 Å². The highest BCUT2D eigenvalue weighted by Gasteiger charge is 2.20. The zero-order valence-corrected chi connectivity index (χ0v) is 16.6. The number of aromatic nitrogens is 5. The van der Waals surface area contributed by atoms with Crippen molar-refractivity contribution >= 4 is 16.9 Å². The molecule has 0 aliphatic rings. The Bertz CT molecular complexity index is 1260. The zero-order valence-electron chi connectivity index (χ0n) is 16.6. The third kappa shape index (κ3) is 4.06. The van der Waals surface area contributed by atoms with Gasteiger partial charge in [-0.05, 0) is 48.4 Å². The minimum atomic E-state index is -0.294. The molecule has 0 saturated heterocycles. The van der Waals surface area contributed by atoms with Gasteiger partial charge in [0, 0.05) is 5.56 Å². The van der Waals surface area contributed by atoms with E-state index in [1.54, 1.807) is 23.1 Å². The quantitative estimate of drug-likeness (QED) is 0.447. The van der Waals surface area contributed by atoms with Gasteiger partial charge in [0.05, 0.1) is 22.8 Å². The summed E-state index contributed by atoms with van der Waals surface area (Å²) in [7, 11) is 0. The van der Waals surface area contributed by atoms with E-state index in [4.69, 9.17) is 4.98 Å². The molecule has 5 aromatic rings. The van der Waals surface area contributed by atoms with E-state index in [9.17, 15) is 4.79 Å². The molecule has 31 heavy (non-hydrogen) atoms. The maximum Gasteiger partial charge on any atom is 0.251 e. The summed E-state index contributed by atoms with van der Waals surface area (Å²) < 4.78 is 1.65. The number of fused-ring (bicyclic) bond motifs is 1. The Hall–Kier alpha value is -4.26. The molecular formula is C24H20N6O. The van der Waals surface area contributed by atoms with Crippen LogP contribution in [-0.2, 0) is 6.42 Å². The molecule has 7 heteroatoms. The van der Waals surface area contributed by atoms with Gasteiger partial charge in [0.1, 0.15) is 18.5 Å². The lowest BCUT2D eigenvalue weighted by atomic mass is 10.0. The van der Waals surface area contributed by atoms with Gasteiger partial charge in [0.2, 0.25) is 0 Å². The fourth-order valence-electron chi connectivity index (χ4n) is 3.55. The monoisotopic (exact) mass is 408 g/mol. The number of imidazole rings is 1. The van der Waals surface area contributed by atoms with Gasteiger partial charge in [-0.15, -0.1) is 0 Å². The summed E-state index contributed by atoms with van der Waals surface area (Å²) in [5, 5.41) is 7.26. The van der Waals surface area contributed by atoms with E-state index in [2.05, 4.69) is 32.5 Å². The SMILES string of the molecule is O=C(N[C@@H](Cc1ccccc1)c1nc2ccccc2[nH]1)c1ccc(-n2cncn2)cc1. The molecule has 5 rings (SSSR count). The first kappa shape index (κ1) is 18.7. The highest BCUT2D eigenvalue weighted by molar-refractivity contribution is 5.94. The Balaban J connectivity index is 1.41. The molecule has 0 unspecified atom stereocenters. The average Bonchev–Trinajstić information content (AvgIpc) is 3.49. The molecule has 0 saturated carbocycles. The number of benzene rings is 3. The van der Waals surface area contributed by atoms with E-state index < -0.39 is 0 Å². The van der Waals surface area contributed by atoms with Crippen molar-refractivity contribution in [2.24, 2.45) is 0 Å². The first-order valence-corrected chi connectivity index (χ1v) is 10.0. The van der Waals surface area contributed by atoms with Gasteiger partial charge in [-0.1, -0.05) is 42.5 Å². The topological polar surface area (TPSA) is 88.5 Å². The van der Waals surface area contributed by atoms with Crippen LogP contribution >= 0.6 is 0 Å². The fraction of sp³-hybridized carbons (Fsp3) is 0.0833. The average molecular weight is 408 g/mol. The second kappa shape index (κ2) is 8.23. The molecule has 1 amide bonds. The summed E-state index contributed by atoms with van der Waals surface area (Å²) in [4.78, 5) is 25.1. The lowest BCUT2D eigenvalue weighted by molar-refractivity contribution is 0.0935. The number of carbonyl (C=O) groups excluding carboxylic acids is 1. The van der Waals surface area contributed by atoms with Gasteiger partial charge in [0.25, 0.3) is 5.91 Å². The molecule has 2 N–H and O–H groups in total. The van der Waals surface area contributed by atoms with Crippen LogP contribution in [0.5, 0.6) is 0 Å². The number of carbonyl (C=O) groups is 1. The van der Waals surface area contributed by atoms with Crippen LogP contribution in [0.3, 0.4) is 0 Å². The summed E-state index contributed by atoms with van der Waals surface area (Å²) in [5.41, 5.74) is 4.35. The van der Waals surface area contributed by atoms with Crippen molar-refractivity contribution < 1.29 is 4.79 Å². The predicted octanol–water partition coefficient (Wildman–Crippen LogP) is 3.86. The van der Waals surface area contributed by atoms with Crippen LogP contribution in [0.4, 0.5) is 0 Å². The number of H-pyrrole nitrogens is 1. The molecule has 7 nitrogen and oxygen atoms in total. The van der Waals surface area contributed by atoms with Crippen molar-refractivity contribution in [3.63, 3.8) is 0 Å². The third-order valence-electron chi connectivity index (χ3n) is 5.14. The van der Waals surface area contributed by atoms with E-state index in [1.807, 2.05) is 54.6 Å². The Kier molecular flexibility index (Phi) is 4.98. The van der Waals surface area contributed by atoms with Crippen molar-refractivity contribution in [3.05, 3.63) is 108 Å². The standard InChI is InChI=1S/C24H20N6O/c31-24(18-10-12-19(13-11-18)30-16-25-15-26-30)29-22(14-17-6-2-1-3-7-17)23-27-20-8-4-5-9-21(20)28-23/h1-13,15-16,22H,14H2,(H,27,28)(H,29,31)/t22-/m0/s1. The van der Waals surface area contributed by atoms with E-state index >= 15 is 0 Å². The largest absolute Gasteiger partial charge is 0.342 e. The van der Waals surface area contributed by atoms with E-state index in [0.29, 0.717) is 12.0 Å². The minimum Gasteiger partial charge on any atom is -0.342 e.